The first kappa shape index (κ1) is 19.0. The number of ketones is 1. The van der Waals surface area contributed by atoms with Gasteiger partial charge in [0.1, 0.15) is 17.3 Å². The minimum absolute atomic E-state index is 0.0154. The lowest BCUT2D eigenvalue weighted by Gasteiger charge is -2.53. The summed E-state index contributed by atoms with van der Waals surface area (Å²) in [6, 6.07) is 11.4. The van der Waals surface area contributed by atoms with Crippen molar-refractivity contribution in [2.24, 2.45) is 22.7 Å². The molecule has 0 aliphatic heterocycles. The summed E-state index contributed by atoms with van der Waals surface area (Å²) in [5.41, 5.74) is 1.42. The van der Waals surface area contributed by atoms with Gasteiger partial charge in [0.15, 0.2) is 0 Å². The van der Waals surface area contributed by atoms with Gasteiger partial charge in [-0.2, -0.15) is 0 Å². The molecule has 3 nitrogen and oxygen atoms in total. The van der Waals surface area contributed by atoms with Crippen molar-refractivity contribution in [1.82, 2.24) is 0 Å². The molecule has 1 N–H and O–H groups in total. The molecular formula is C25H30O3. The Labute approximate surface area is 167 Å². The molecule has 1 fully saturated rings. The number of phenols is 1. The highest BCUT2D eigenvalue weighted by Crippen LogP contribution is 2.56. The van der Waals surface area contributed by atoms with Gasteiger partial charge in [-0.25, -0.2) is 0 Å². The molecule has 2 aromatic carbocycles. The molecule has 1 saturated carbocycles. The molecule has 0 spiro atoms. The first-order valence-electron chi connectivity index (χ1n) is 10.2. The fourth-order valence-corrected chi connectivity index (χ4v) is 5.62. The summed E-state index contributed by atoms with van der Waals surface area (Å²) in [7, 11) is 0. The quantitative estimate of drug-likeness (QED) is 0.676. The molecule has 3 atom stereocenters. The van der Waals surface area contributed by atoms with Crippen LogP contribution in [0.5, 0.6) is 11.5 Å². The average molecular weight is 379 g/mol. The summed E-state index contributed by atoms with van der Waals surface area (Å²) in [6.45, 7) is 9.57. The van der Waals surface area contributed by atoms with E-state index >= 15 is 0 Å². The van der Waals surface area contributed by atoms with Gasteiger partial charge in [0.2, 0.25) is 0 Å². The van der Waals surface area contributed by atoms with Crippen LogP contribution in [0.2, 0.25) is 0 Å². The summed E-state index contributed by atoms with van der Waals surface area (Å²) < 4.78 is 6.16. The van der Waals surface area contributed by atoms with Gasteiger partial charge < -0.3 is 9.84 Å². The first-order valence-corrected chi connectivity index (χ1v) is 10.2. The third kappa shape index (κ3) is 3.43. The number of aromatic hydroxyl groups is 1. The van der Waals surface area contributed by atoms with Crippen LogP contribution in [0, 0.1) is 22.7 Å². The van der Waals surface area contributed by atoms with E-state index in [1.807, 2.05) is 24.3 Å². The normalized spacial score (nSPS) is 29.3. The number of allylic oxidation sites excluding steroid dienone is 1. The van der Waals surface area contributed by atoms with Crippen molar-refractivity contribution in [2.45, 2.75) is 47.0 Å². The van der Waals surface area contributed by atoms with Crippen LogP contribution in [0.4, 0.5) is 0 Å². The van der Waals surface area contributed by atoms with Gasteiger partial charge in [0.25, 0.3) is 0 Å². The summed E-state index contributed by atoms with van der Waals surface area (Å²) in [6.07, 6.45) is 4.77. The van der Waals surface area contributed by atoms with Gasteiger partial charge in [-0.3, -0.25) is 4.79 Å². The monoisotopic (exact) mass is 378 g/mol. The SMILES string of the molecule is CC1=C[C@H]2C(C)(C)CC(=O)C[C@]2(C)C[C@@H]1COc1ccc2ccc(O)cc2c1. The number of hydrogen-bond acceptors (Lipinski definition) is 3. The lowest BCUT2D eigenvalue weighted by molar-refractivity contribution is -0.132. The smallest absolute Gasteiger partial charge is 0.134 e. The molecule has 4 rings (SSSR count). The van der Waals surface area contributed by atoms with E-state index in [-0.39, 0.29) is 16.6 Å². The fourth-order valence-electron chi connectivity index (χ4n) is 5.62. The second-order valence-electron chi connectivity index (χ2n) is 9.83. The van der Waals surface area contributed by atoms with Gasteiger partial charge in [-0.1, -0.05) is 44.6 Å². The number of phenolic OH excluding ortho intramolecular Hbond substituents is 1. The third-order valence-corrected chi connectivity index (χ3v) is 6.88. The Morgan fingerprint density at radius 2 is 1.82 bits per heavy atom. The van der Waals surface area contributed by atoms with Crippen molar-refractivity contribution < 1.29 is 14.6 Å². The Morgan fingerprint density at radius 1 is 1.07 bits per heavy atom. The minimum atomic E-state index is 0.0154. The lowest BCUT2D eigenvalue weighted by Crippen LogP contribution is -2.48. The number of ether oxygens (including phenoxy) is 1. The van der Waals surface area contributed by atoms with Gasteiger partial charge >= 0.3 is 0 Å². The predicted octanol–water partition coefficient (Wildman–Crippen LogP) is 5.90. The summed E-state index contributed by atoms with van der Waals surface area (Å²) in [5, 5.41) is 11.8. The molecule has 0 aromatic heterocycles. The maximum atomic E-state index is 12.4. The molecule has 0 unspecified atom stereocenters. The molecule has 0 saturated heterocycles. The summed E-state index contributed by atoms with van der Waals surface area (Å²) >= 11 is 0. The van der Waals surface area contributed by atoms with Gasteiger partial charge in [-0.05, 0) is 65.1 Å². The number of rotatable bonds is 3. The zero-order valence-electron chi connectivity index (χ0n) is 17.3. The van der Waals surface area contributed by atoms with E-state index in [1.54, 1.807) is 12.1 Å². The highest BCUT2D eigenvalue weighted by molar-refractivity contribution is 5.85. The number of carbonyl (C=O) groups is 1. The maximum absolute atomic E-state index is 12.4. The van der Waals surface area contributed by atoms with Gasteiger partial charge in [0, 0.05) is 18.8 Å². The molecule has 2 aliphatic carbocycles. The van der Waals surface area contributed by atoms with Crippen molar-refractivity contribution in [3.8, 4) is 11.5 Å². The van der Waals surface area contributed by atoms with Crippen LogP contribution in [0.1, 0.15) is 47.0 Å². The Morgan fingerprint density at radius 3 is 2.61 bits per heavy atom. The van der Waals surface area contributed by atoms with E-state index in [2.05, 4.69) is 33.8 Å². The number of benzene rings is 2. The van der Waals surface area contributed by atoms with E-state index in [1.165, 1.54) is 5.57 Å². The van der Waals surface area contributed by atoms with Crippen LogP contribution in [0.3, 0.4) is 0 Å². The molecule has 0 bridgehead atoms. The Kier molecular flexibility index (Phi) is 4.52. The molecule has 3 heteroatoms. The summed E-state index contributed by atoms with van der Waals surface area (Å²) in [4.78, 5) is 12.4. The number of carbonyl (C=O) groups excluding carboxylic acids is 1. The second kappa shape index (κ2) is 6.65. The number of Topliss-reactive ketones (excluding diaryl/α,β-unsaturated/α-hetero) is 1. The van der Waals surface area contributed by atoms with Crippen LogP contribution in [-0.2, 0) is 4.79 Å². The zero-order chi connectivity index (χ0) is 20.1. The van der Waals surface area contributed by atoms with Crippen molar-refractivity contribution in [3.05, 3.63) is 48.0 Å². The van der Waals surface area contributed by atoms with E-state index in [0.717, 1.165) is 22.9 Å². The standard InChI is InChI=1S/C25H30O3/c1-16-9-23-24(2,3)13-21(27)14-25(23,4)12-19(16)15-28-22-8-6-17-5-7-20(26)10-18(17)11-22/h5-11,19,23,26H,12-15H2,1-4H3/t19-,23+,25+/m1/s1. The highest BCUT2D eigenvalue weighted by atomic mass is 16.5. The van der Waals surface area contributed by atoms with E-state index in [9.17, 15) is 9.90 Å². The Bertz CT molecular complexity index is 955. The second-order valence-corrected chi connectivity index (χ2v) is 9.83. The molecule has 28 heavy (non-hydrogen) atoms. The van der Waals surface area contributed by atoms with E-state index in [0.29, 0.717) is 37.1 Å². The number of hydrogen-bond donors (Lipinski definition) is 1. The molecule has 2 aromatic rings. The van der Waals surface area contributed by atoms with Crippen LogP contribution < -0.4 is 4.74 Å². The average Bonchev–Trinajstić information content (AvgIpc) is 2.60. The van der Waals surface area contributed by atoms with Gasteiger partial charge in [0.05, 0.1) is 6.61 Å². The third-order valence-electron chi connectivity index (χ3n) is 6.88. The molecule has 0 amide bonds. The van der Waals surface area contributed by atoms with Crippen LogP contribution in [0.15, 0.2) is 48.0 Å². The topological polar surface area (TPSA) is 46.5 Å². The summed E-state index contributed by atoms with van der Waals surface area (Å²) in [5.74, 6) is 2.24. The molecular weight excluding hydrogens is 348 g/mol. The molecule has 0 heterocycles. The zero-order valence-corrected chi connectivity index (χ0v) is 17.3. The number of fused-ring (bicyclic) bond motifs is 2. The Balaban J connectivity index is 1.53. The van der Waals surface area contributed by atoms with E-state index < -0.39 is 0 Å². The molecule has 0 radical (unpaired) electrons. The lowest BCUT2D eigenvalue weighted by atomic mass is 9.51. The molecule has 2 aliphatic rings. The van der Waals surface area contributed by atoms with Gasteiger partial charge in [-0.15, -0.1) is 0 Å². The predicted molar refractivity (Wildman–Crippen MR) is 113 cm³/mol. The molecule has 148 valence electrons. The minimum Gasteiger partial charge on any atom is -0.508 e. The van der Waals surface area contributed by atoms with Crippen molar-refractivity contribution in [2.75, 3.05) is 6.61 Å². The van der Waals surface area contributed by atoms with Crippen molar-refractivity contribution >= 4 is 16.6 Å². The van der Waals surface area contributed by atoms with Crippen LogP contribution >= 0.6 is 0 Å². The van der Waals surface area contributed by atoms with Crippen molar-refractivity contribution in [1.29, 1.82) is 0 Å². The fraction of sp³-hybridized carbons (Fsp3) is 0.480. The van der Waals surface area contributed by atoms with Crippen LogP contribution in [0.25, 0.3) is 10.8 Å². The maximum Gasteiger partial charge on any atom is 0.134 e. The van der Waals surface area contributed by atoms with E-state index in [4.69, 9.17) is 4.74 Å². The van der Waals surface area contributed by atoms with Crippen molar-refractivity contribution in [3.63, 3.8) is 0 Å². The van der Waals surface area contributed by atoms with Crippen LogP contribution in [-0.4, -0.2) is 17.5 Å². The highest BCUT2D eigenvalue weighted by Gasteiger charge is 2.51. The largest absolute Gasteiger partial charge is 0.508 e. The first-order chi connectivity index (χ1) is 13.2. The Hall–Kier alpha value is -2.29.